The lowest BCUT2D eigenvalue weighted by atomic mass is 9.70. The molecule has 4 fully saturated rings. The number of ether oxygens (including phenoxy) is 2. The van der Waals surface area contributed by atoms with Crippen molar-refractivity contribution in [2.75, 3.05) is 13.1 Å². The van der Waals surface area contributed by atoms with Crippen molar-refractivity contribution in [2.45, 2.75) is 31.1 Å². The number of fused-ring (bicyclic) bond motifs is 1. The van der Waals surface area contributed by atoms with Gasteiger partial charge in [0.2, 0.25) is 5.89 Å². The molecule has 0 aliphatic carbocycles. The van der Waals surface area contributed by atoms with Crippen molar-refractivity contribution in [1.29, 1.82) is 0 Å². The van der Waals surface area contributed by atoms with Gasteiger partial charge in [0.25, 0.3) is 0 Å². The van der Waals surface area contributed by atoms with Crippen molar-refractivity contribution in [2.24, 2.45) is 0 Å². The van der Waals surface area contributed by atoms with Gasteiger partial charge in [0.1, 0.15) is 0 Å². The Bertz CT molecular complexity index is 567. The van der Waals surface area contributed by atoms with Crippen LogP contribution in [0.25, 0.3) is 0 Å². The normalized spacial score (nSPS) is 34.9. The van der Waals surface area contributed by atoms with Crippen LogP contribution in [0.4, 0.5) is 0 Å². The van der Waals surface area contributed by atoms with E-state index in [1.54, 1.807) is 6.92 Å². The van der Waals surface area contributed by atoms with Crippen molar-refractivity contribution in [3.05, 3.63) is 11.7 Å². The predicted octanol–water partition coefficient (Wildman–Crippen LogP) is -0.521. The van der Waals surface area contributed by atoms with Gasteiger partial charge in [-0.3, -0.25) is 0 Å². The van der Waals surface area contributed by atoms with Gasteiger partial charge in [-0.1, -0.05) is 5.16 Å². The van der Waals surface area contributed by atoms with E-state index in [1.165, 1.54) is 0 Å². The van der Waals surface area contributed by atoms with Crippen molar-refractivity contribution < 1.29 is 23.6 Å². The molecule has 19 heavy (non-hydrogen) atoms. The number of rotatable bonds is 1. The van der Waals surface area contributed by atoms with Crippen LogP contribution < -0.4 is 0 Å². The fourth-order valence-corrected chi connectivity index (χ4v) is 3.02. The van der Waals surface area contributed by atoms with E-state index in [2.05, 4.69) is 10.1 Å². The van der Waals surface area contributed by atoms with Crippen LogP contribution in [0.5, 0.6) is 0 Å². The third kappa shape index (κ3) is 1.26. The molecule has 1 aromatic heterocycles. The first kappa shape index (κ1) is 10.9. The van der Waals surface area contributed by atoms with Crippen molar-refractivity contribution in [3.63, 3.8) is 0 Å². The third-order valence-corrected chi connectivity index (χ3v) is 4.04. The van der Waals surface area contributed by atoms with Gasteiger partial charge >= 0.3 is 17.8 Å². The van der Waals surface area contributed by atoms with Crippen LogP contribution in [-0.4, -0.2) is 46.0 Å². The third-order valence-electron chi connectivity index (χ3n) is 4.04. The quantitative estimate of drug-likeness (QED) is 0.494. The van der Waals surface area contributed by atoms with Gasteiger partial charge in [-0.15, -0.1) is 0 Å². The topological polar surface area (TPSA) is 94.8 Å². The van der Waals surface area contributed by atoms with Gasteiger partial charge in [0, 0.05) is 19.5 Å². The summed E-state index contributed by atoms with van der Waals surface area (Å²) in [5, 5.41) is 3.80. The molecular formula is C11H11N3O5. The molecule has 8 heteroatoms. The number of hydrogen-bond acceptors (Lipinski definition) is 8. The largest absolute Gasteiger partial charge is 0.421 e. The molecule has 5 rings (SSSR count). The van der Waals surface area contributed by atoms with E-state index >= 15 is 0 Å². The highest BCUT2D eigenvalue weighted by Gasteiger charge is 2.66. The molecule has 5 heterocycles. The molecule has 8 nitrogen and oxygen atoms in total. The Hall–Kier alpha value is -1.96. The first-order chi connectivity index (χ1) is 9.03. The Kier molecular flexibility index (Phi) is 1.80. The van der Waals surface area contributed by atoms with E-state index in [-0.39, 0.29) is 5.41 Å². The van der Waals surface area contributed by atoms with Crippen molar-refractivity contribution in [1.82, 2.24) is 15.0 Å². The van der Waals surface area contributed by atoms with E-state index < -0.39 is 17.8 Å². The zero-order valence-corrected chi connectivity index (χ0v) is 10.2. The fourth-order valence-electron chi connectivity index (χ4n) is 3.02. The summed E-state index contributed by atoms with van der Waals surface area (Å²) in [5.74, 6) is -1.85. The minimum absolute atomic E-state index is 0.200. The van der Waals surface area contributed by atoms with E-state index in [9.17, 15) is 9.59 Å². The summed E-state index contributed by atoms with van der Waals surface area (Å²) in [4.78, 5) is 28.5. The summed E-state index contributed by atoms with van der Waals surface area (Å²) < 4.78 is 15.4. The lowest BCUT2D eigenvalue weighted by molar-refractivity contribution is -0.310. The second kappa shape index (κ2) is 3.13. The molecule has 1 aromatic rings. The van der Waals surface area contributed by atoms with E-state index in [0.29, 0.717) is 37.6 Å². The van der Waals surface area contributed by atoms with Crippen LogP contribution in [0.15, 0.2) is 4.52 Å². The summed E-state index contributed by atoms with van der Waals surface area (Å²) in [6, 6.07) is 0. The Morgan fingerprint density at radius 2 is 1.84 bits per heavy atom. The highest BCUT2D eigenvalue weighted by atomic mass is 16.8. The molecule has 1 spiro atoms. The number of piperidine rings is 2. The predicted molar refractivity (Wildman–Crippen MR) is 56.4 cm³/mol. The van der Waals surface area contributed by atoms with E-state index in [1.807, 2.05) is 4.90 Å². The first-order valence-electron chi connectivity index (χ1n) is 6.05. The molecule has 0 saturated carbocycles. The standard InChI is InChI=1S/C11H11N3O5/c1-6-12-9(19-13-6)10-2-3-11(14(4-10)5-10)17-7(15)8(16)18-11/h2-5H2,1H3. The molecule has 0 radical (unpaired) electrons. The molecule has 2 bridgehead atoms. The molecular weight excluding hydrogens is 254 g/mol. The molecule has 0 atom stereocenters. The Morgan fingerprint density at radius 3 is 2.32 bits per heavy atom. The number of nitrogens with zero attached hydrogens (tertiary/aromatic N) is 3. The average molecular weight is 265 g/mol. The van der Waals surface area contributed by atoms with Crippen LogP contribution >= 0.6 is 0 Å². The summed E-state index contributed by atoms with van der Waals surface area (Å²) in [6.45, 7) is 2.93. The minimum atomic E-state index is -1.20. The zero-order chi connectivity index (χ0) is 13.3. The molecule has 0 aromatic carbocycles. The van der Waals surface area contributed by atoms with Gasteiger partial charge in [-0.05, 0) is 13.3 Å². The SMILES string of the molecule is Cc1noc(C23CCC4(OC(=O)C(=O)O4)N(C2)C3)n1. The second-order valence-electron chi connectivity index (χ2n) is 5.27. The molecule has 4 aliphatic rings. The van der Waals surface area contributed by atoms with Gasteiger partial charge in [0.15, 0.2) is 5.82 Å². The van der Waals surface area contributed by atoms with E-state index in [4.69, 9.17) is 14.0 Å². The number of carbonyl (C=O) groups excluding carboxylic acids is 2. The maximum absolute atomic E-state index is 11.2. The number of carbonyl (C=O) groups is 2. The first-order valence-corrected chi connectivity index (χ1v) is 6.05. The maximum atomic E-state index is 11.2. The Morgan fingerprint density at radius 1 is 1.16 bits per heavy atom. The van der Waals surface area contributed by atoms with Crippen molar-refractivity contribution >= 4 is 11.9 Å². The lowest BCUT2D eigenvalue weighted by Crippen LogP contribution is -2.72. The summed E-state index contributed by atoms with van der Waals surface area (Å²) in [6.07, 6.45) is 1.09. The zero-order valence-electron chi connectivity index (χ0n) is 10.2. The number of aromatic nitrogens is 2. The van der Waals surface area contributed by atoms with Gasteiger partial charge in [0.05, 0.1) is 5.41 Å². The highest BCUT2D eigenvalue weighted by molar-refractivity contribution is 6.31. The Balaban J connectivity index is 1.59. The molecule has 4 saturated heterocycles. The van der Waals surface area contributed by atoms with Crippen molar-refractivity contribution in [3.8, 4) is 0 Å². The molecule has 100 valence electrons. The highest BCUT2D eigenvalue weighted by Crippen LogP contribution is 2.51. The lowest BCUT2D eigenvalue weighted by Gasteiger charge is -2.57. The molecule has 0 amide bonds. The van der Waals surface area contributed by atoms with Crippen LogP contribution in [-0.2, 0) is 24.5 Å². The summed E-state index contributed by atoms with van der Waals surface area (Å²) >= 11 is 0. The van der Waals surface area contributed by atoms with Crippen LogP contribution in [0.2, 0.25) is 0 Å². The van der Waals surface area contributed by atoms with Gasteiger partial charge in [-0.25, -0.2) is 14.5 Å². The number of esters is 2. The number of aryl methyl sites for hydroxylation is 1. The summed E-state index contributed by atoms with van der Waals surface area (Å²) in [7, 11) is 0. The van der Waals surface area contributed by atoms with Gasteiger partial charge < -0.3 is 14.0 Å². The van der Waals surface area contributed by atoms with Crippen LogP contribution in [0.1, 0.15) is 24.6 Å². The molecule has 0 unspecified atom stereocenters. The van der Waals surface area contributed by atoms with Crippen LogP contribution in [0.3, 0.4) is 0 Å². The monoisotopic (exact) mass is 265 g/mol. The fraction of sp³-hybridized carbons (Fsp3) is 0.636. The Labute approximate surface area is 107 Å². The maximum Gasteiger partial charge on any atom is 0.421 e. The van der Waals surface area contributed by atoms with E-state index in [0.717, 1.165) is 0 Å². The number of hydrogen-bond donors (Lipinski definition) is 0. The smallest absolute Gasteiger partial charge is 0.400 e. The minimum Gasteiger partial charge on any atom is -0.400 e. The average Bonchev–Trinajstić information content (AvgIpc) is 2.85. The molecule has 0 N–H and O–H groups in total. The summed E-state index contributed by atoms with van der Waals surface area (Å²) in [5.41, 5.74) is -0.200. The van der Waals surface area contributed by atoms with Gasteiger partial charge in [-0.2, -0.15) is 4.98 Å². The van der Waals surface area contributed by atoms with Crippen LogP contribution in [0, 0.1) is 6.92 Å². The second-order valence-corrected chi connectivity index (χ2v) is 5.27. The molecule has 4 aliphatic heterocycles.